The number of nitrogens with zero attached hydrogens (tertiary/aromatic N) is 1. The molecule has 1 N–H and O–H groups in total. The summed E-state index contributed by atoms with van der Waals surface area (Å²) in [5.74, 6) is -1.03. The van der Waals surface area contributed by atoms with Crippen molar-refractivity contribution in [3.8, 4) is 0 Å². The molecule has 6 heteroatoms. The summed E-state index contributed by atoms with van der Waals surface area (Å²) in [6.45, 7) is 5.46. The van der Waals surface area contributed by atoms with Gasteiger partial charge in [0.15, 0.2) is 6.10 Å². The van der Waals surface area contributed by atoms with Crippen LogP contribution in [0.2, 0.25) is 5.15 Å². The van der Waals surface area contributed by atoms with Crippen LogP contribution in [0.25, 0.3) is 0 Å². The number of amides is 1. The van der Waals surface area contributed by atoms with E-state index in [0.717, 1.165) is 11.1 Å². The van der Waals surface area contributed by atoms with Crippen LogP contribution in [-0.4, -0.2) is 23.0 Å². The van der Waals surface area contributed by atoms with Crippen molar-refractivity contribution >= 4 is 29.2 Å². The number of benzene rings is 1. The molecule has 0 aliphatic rings. The van der Waals surface area contributed by atoms with Gasteiger partial charge in [-0.25, -0.2) is 9.78 Å². The second-order valence-corrected chi connectivity index (χ2v) is 5.59. The molecule has 1 heterocycles. The van der Waals surface area contributed by atoms with Crippen molar-refractivity contribution in [3.63, 3.8) is 0 Å². The smallest absolute Gasteiger partial charge is 0.339 e. The largest absolute Gasteiger partial charge is 0.449 e. The van der Waals surface area contributed by atoms with Crippen molar-refractivity contribution in [2.24, 2.45) is 0 Å². The first-order valence-electron chi connectivity index (χ1n) is 7.07. The fourth-order valence-corrected chi connectivity index (χ4v) is 2.05. The summed E-state index contributed by atoms with van der Waals surface area (Å²) in [5.41, 5.74) is 3.11. The molecule has 0 saturated carbocycles. The number of esters is 1. The molecule has 23 heavy (non-hydrogen) atoms. The SMILES string of the molecule is Cc1ccc(NC(=O)C(C)OC(=O)c2ccnc(Cl)c2)cc1C. The van der Waals surface area contributed by atoms with Gasteiger partial charge in [-0.3, -0.25) is 4.79 Å². The first-order valence-corrected chi connectivity index (χ1v) is 7.45. The monoisotopic (exact) mass is 332 g/mol. The Hall–Kier alpha value is -2.40. The van der Waals surface area contributed by atoms with Gasteiger partial charge in [-0.05, 0) is 56.2 Å². The molecule has 1 aromatic carbocycles. The lowest BCUT2D eigenvalue weighted by atomic mass is 10.1. The number of hydrogen-bond donors (Lipinski definition) is 1. The number of carbonyl (C=O) groups excluding carboxylic acids is 2. The lowest BCUT2D eigenvalue weighted by Gasteiger charge is -2.14. The zero-order valence-electron chi connectivity index (χ0n) is 13.1. The van der Waals surface area contributed by atoms with E-state index >= 15 is 0 Å². The molecule has 2 rings (SSSR count). The van der Waals surface area contributed by atoms with Gasteiger partial charge in [0.25, 0.3) is 5.91 Å². The van der Waals surface area contributed by atoms with Crippen molar-refractivity contribution in [2.45, 2.75) is 26.9 Å². The third-order valence-corrected chi connectivity index (χ3v) is 3.60. The number of nitrogens with one attached hydrogen (secondary N) is 1. The van der Waals surface area contributed by atoms with Gasteiger partial charge in [0.05, 0.1) is 5.56 Å². The topological polar surface area (TPSA) is 68.3 Å². The normalized spacial score (nSPS) is 11.7. The fourth-order valence-electron chi connectivity index (χ4n) is 1.87. The predicted molar refractivity (Wildman–Crippen MR) is 88.7 cm³/mol. The van der Waals surface area contributed by atoms with Gasteiger partial charge in [0.1, 0.15) is 5.15 Å². The summed E-state index contributed by atoms with van der Waals surface area (Å²) in [5, 5.41) is 2.91. The van der Waals surface area contributed by atoms with Crippen LogP contribution in [0.4, 0.5) is 5.69 Å². The molecule has 5 nitrogen and oxygen atoms in total. The first kappa shape index (κ1) is 17.0. The number of hydrogen-bond acceptors (Lipinski definition) is 4. The number of halogens is 1. The average Bonchev–Trinajstić information content (AvgIpc) is 2.50. The highest BCUT2D eigenvalue weighted by atomic mass is 35.5. The Balaban J connectivity index is 1.99. The lowest BCUT2D eigenvalue weighted by Crippen LogP contribution is -2.30. The van der Waals surface area contributed by atoms with Crippen LogP contribution in [-0.2, 0) is 9.53 Å². The lowest BCUT2D eigenvalue weighted by molar-refractivity contribution is -0.123. The number of carbonyl (C=O) groups is 2. The van der Waals surface area contributed by atoms with Crippen molar-refractivity contribution in [3.05, 3.63) is 58.4 Å². The van der Waals surface area contributed by atoms with E-state index in [1.54, 1.807) is 6.07 Å². The Kier molecular flexibility index (Phi) is 5.34. The molecule has 0 aliphatic carbocycles. The molecule has 1 aromatic heterocycles. The maximum absolute atomic E-state index is 12.1. The fraction of sp³-hybridized carbons (Fsp3) is 0.235. The highest BCUT2D eigenvalue weighted by Gasteiger charge is 2.19. The zero-order chi connectivity index (χ0) is 17.0. The molecule has 120 valence electrons. The summed E-state index contributed by atoms with van der Waals surface area (Å²) in [7, 11) is 0. The summed E-state index contributed by atoms with van der Waals surface area (Å²) in [4.78, 5) is 27.9. The van der Waals surface area contributed by atoms with Gasteiger partial charge >= 0.3 is 5.97 Å². The Labute approximate surface area is 139 Å². The number of ether oxygens (including phenoxy) is 1. The number of aromatic nitrogens is 1. The Morgan fingerprint density at radius 3 is 2.57 bits per heavy atom. The van der Waals surface area contributed by atoms with Crippen molar-refractivity contribution in [2.75, 3.05) is 5.32 Å². The highest BCUT2D eigenvalue weighted by Crippen LogP contribution is 2.15. The van der Waals surface area contributed by atoms with Crippen LogP contribution < -0.4 is 5.32 Å². The molecule has 1 atom stereocenters. The Morgan fingerprint density at radius 1 is 1.17 bits per heavy atom. The third-order valence-electron chi connectivity index (χ3n) is 3.39. The van der Waals surface area contributed by atoms with Crippen molar-refractivity contribution < 1.29 is 14.3 Å². The summed E-state index contributed by atoms with van der Waals surface area (Å²) in [6, 6.07) is 8.45. The van der Waals surface area contributed by atoms with Crippen molar-refractivity contribution in [1.29, 1.82) is 0 Å². The summed E-state index contributed by atoms with van der Waals surface area (Å²) in [6.07, 6.45) is 0.467. The molecule has 0 bridgehead atoms. The Morgan fingerprint density at radius 2 is 1.91 bits per heavy atom. The zero-order valence-corrected chi connectivity index (χ0v) is 13.8. The van der Waals surface area contributed by atoms with Crippen LogP contribution in [0, 0.1) is 13.8 Å². The molecule has 1 unspecified atom stereocenters. The second-order valence-electron chi connectivity index (χ2n) is 5.20. The highest BCUT2D eigenvalue weighted by molar-refractivity contribution is 6.29. The molecule has 1 amide bonds. The minimum absolute atomic E-state index is 0.187. The number of aryl methyl sites for hydroxylation is 2. The van der Waals surface area contributed by atoms with Crippen LogP contribution >= 0.6 is 11.6 Å². The van der Waals surface area contributed by atoms with Gasteiger partial charge in [-0.1, -0.05) is 17.7 Å². The van der Waals surface area contributed by atoms with Gasteiger partial charge in [0, 0.05) is 11.9 Å². The van der Waals surface area contributed by atoms with Gasteiger partial charge in [-0.15, -0.1) is 0 Å². The molecule has 0 spiro atoms. The Bertz CT molecular complexity index is 746. The van der Waals surface area contributed by atoms with Crippen LogP contribution in [0.1, 0.15) is 28.4 Å². The molecular formula is C17H17ClN2O3. The van der Waals surface area contributed by atoms with Gasteiger partial charge < -0.3 is 10.1 Å². The molecular weight excluding hydrogens is 316 g/mol. The molecule has 0 saturated heterocycles. The van der Waals surface area contributed by atoms with Crippen LogP contribution in [0.5, 0.6) is 0 Å². The van der Waals surface area contributed by atoms with E-state index in [-0.39, 0.29) is 10.7 Å². The quantitative estimate of drug-likeness (QED) is 0.687. The van der Waals surface area contributed by atoms with Gasteiger partial charge in [0.2, 0.25) is 0 Å². The number of rotatable bonds is 4. The predicted octanol–water partition coefficient (Wildman–Crippen LogP) is 3.54. The maximum Gasteiger partial charge on any atom is 0.339 e. The molecule has 0 aliphatic heterocycles. The number of pyridine rings is 1. The van der Waals surface area contributed by atoms with Crippen LogP contribution in [0.3, 0.4) is 0 Å². The minimum Gasteiger partial charge on any atom is -0.449 e. The van der Waals surface area contributed by atoms with E-state index in [1.165, 1.54) is 25.3 Å². The molecule has 0 radical (unpaired) electrons. The van der Waals surface area contributed by atoms with E-state index in [1.807, 2.05) is 26.0 Å². The average molecular weight is 333 g/mol. The van der Waals surface area contributed by atoms with E-state index in [4.69, 9.17) is 16.3 Å². The van der Waals surface area contributed by atoms with Gasteiger partial charge in [-0.2, -0.15) is 0 Å². The van der Waals surface area contributed by atoms with Crippen molar-refractivity contribution in [1.82, 2.24) is 4.98 Å². The summed E-state index contributed by atoms with van der Waals surface area (Å²) < 4.78 is 5.14. The first-order chi connectivity index (χ1) is 10.9. The van der Waals surface area contributed by atoms with Crippen LogP contribution in [0.15, 0.2) is 36.5 Å². The molecule has 0 fully saturated rings. The maximum atomic E-state index is 12.1. The second kappa shape index (κ2) is 7.24. The number of anilines is 1. The minimum atomic E-state index is -0.934. The summed E-state index contributed by atoms with van der Waals surface area (Å²) >= 11 is 5.72. The van der Waals surface area contributed by atoms with E-state index in [2.05, 4.69) is 10.3 Å². The van der Waals surface area contributed by atoms with E-state index < -0.39 is 18.0 Å². The third kappa shape index (κ3) is 4.53. The standard InChI is InChI=1S/C17H17ClN2O3/c1-10-4-5-14(8-11(10)2)20-16(21)12(3)23-17(22)13-6-7-19-15(18)9-13/h4-9,12H,1-3H3,(H,20,21). The van der Waals surface area contributed by atoms with E-state index in [9.17, 15) is 9.59 Å². The van der Waals surface area contributed by atoms with E-state index in [0.29, 0.717) is 5.69 Å². The molecule has 2 aromatic rings.